The third kappa shape index (κ3) is 5.81. The van der Waals surface area contributed by atoms with Crippen LogP contribution in [-0.4, -0.2) is 46.8 Å². The highest BCUT2D eigenvalue weighted by molar-refractivity contribution is 7.89. The van der Waals surface area contributed by atoms with Crippen molar-refractivity contribution in [2.45, 2.75) is 16.7 Å². The summed E-state index contributed by atoms with van der Waals surface area (Å²) in [6.45, 7) is 2.01. The van der Waals surface area contributed by atoms with Gasteiger partial charge in [-0.1, -0.05) is 36.4 Å². The van der Waals surface area contributed by atoms with Crippen LogP contribution in [0.5, 0.6) is 0 Å². The first-order valence-corrected chi connectivity index (χ1v) is 17.2. The molecule has 0 aliphatic carbocycles. The van der Waals surface area contributed by atoms with Crippen LogP contribution in [0.25, 0.3) is 33.1 Å². The van der Waals surface area contributed by atoms with Gasteiger partial charge in [-0.05, 0) is 73.2 Å². The van der Waals surface area contributed by atoms with Crippen molar-refractivity contribution in [3.8, 4) is 11.1 Å². The fraction of sp³-hybridized carbons (Fsp3) is 0.114. The maximum absolute atomic E-state index is 12.6. The Morgan fingerprint density at radius 1 is 0.696 bits per heavy atom. The van der Waals surface area contributed by atoms with Gasteiger partial charge in [0.05, 0.1) is 33.5 Å². The summed E-state index contributed by atoms with van der Waals surface area (Å²) in [6.07, 6.45) is 0. The predicted molar refractivity (Wildman–Crippen MR) is 183 cm³/mol. The van der Waals surface area contributed by atoms with E-state index in [9.17, 15) is 21.4 Å². The highest BCUT2D eigenvalue weighted by Gasteiger charge is 2.26. The second-order valence-electron chi connectivity index (χ2n) is 11.1. The van der Waals surface area contributed by atoms with Crippen molar-refractivity contribution >= 4 is 64.8 Å². The van der Waals surface area contributed by atoms with Crippen molar-refractivity contribution in [2.24, 2.45) is 0 Å². The molecule has 0 spiro atoms. The first kappa shape index (κ1) is 31.2. The number of aryl methyl sites for hydroxylation is 1. The van der Waals surface area contributed by atoms with E-state index in [0.29, 0.717) is 33.1 Å². The van der Waals surface area contributed by atoms with Gasteiger partial charge in [0.1, 0.15) is 4.90 Å². The number of hydrogen-bond acceptors (Lipinski definition) is 6. The topological polar surface area (TPSA) is 118 Å². The molecule has 11 heteroatoms. The molecular formula is C35H32N3O6S2+. The van der Waals surface area contributed by atoms with Crippen molar-refractivity contribution < 1.29 is 25.8 Å². The fourth-order valence-corrected chi connectivity index (χ4v) is 7.02. The molecule has 0 saturated carbocycles. The maximum Gasteiger partial charge on any atom is 0.363 e. The molecule has 2 N–H and O–H groups in total. The molecule has 0 bridgehead atoms. The number of sulfonamides is 1. The van der Waals surface area contributed by atoms with E-state index in [1.54, 1.807) is 42.5 Å². The van der Waals surface area contributed by atoms with Crippen molar-refractivity contribution in [1.29, 1.82) is 0 Å². The Hall–Kier alpha value is -4.81. The van der Waals surface area contributed by atoms with Gasteiger partial charge in [0.25, 0.3) is 10.1 Å². The SMILES string of the molecule is Cc1ccccc1Nc1ccc2c(-c3ccccc3S(=O)(=O)O)c3ccc(N(C)c4ccc(S(=O)(=O)N(C)C)cc4)cc3[o+]c2c1. The largest absolute Gasteiger partial charge is 0.363 e. The highest BCUT2D eigenvalue weighted by atomic mass is 32.2. The number of benzene rings is 5. The summed E-state index contributed by atoms with van der Waals surface area (Å²) in [5.74, 6) is 0. The van der Waals surface area contributed by atoms with Gasteiger partial charge in [0, 0.05) is 49.3 Å². The van der Waals surface area contributed by atoms with E-state index in [2.05, 4.69) is 5.32 Å². The lowest BCUT2D eigenvalue weighted by molar-refractivity contribution is 0.483. The van der Waals surface area contributed by atoms with Gasteiger partial charge < -0.3 is 10.2 Å². The number of nitrogens with zero attached hydrogens (tertiary/aromatic N) is 2. The summed E-state index contributed by atoms with van der Waals surface area (Å²) in [5, 5.41) is 4.74. The molecule has 0 aliphatic heterocycles. The monoisotopic (exact) mass is 654 g/mol. The van der Waals surface area contributed by atoms with Crippen molar-refractivity contribution in [3.63, 3.8) is 0 Å². The van der Waals surface area contributed by atoms with Crippen LogP contribution in [0.2, 0.25) is 0 Å². The molecule has 0 atom stereocenters. The fourth-order valence-electron chi connectivity index (χ4n) is 5.42. The third-order valence-electron chi connectivity index (χ3n) is 7.95. The Kier molecular flexibility index (Phi) is 8.03. The molecule has 0 saturated heterocycles. The van der Waals surface area contributed by atoms with Gasteiger partial charge in [-0.25, -0.2) is 17.1 Å². The number of rotatable bonds is 8. The Balaban J connectivity index is 1.52. The van der Waals surface area contributed by atoms with Gasteiger partial charge >= 0.3 is 11.2 Å². The number of fused-ring (bicyclic) bond motifs is 2. The molecule has 6 rings (SSSR count). The molecular weight excluding hydrogens is 623 g/mol. The standard InChI is InChI=1S/C35H31N3O6S2/c1-23-9-5-7-11-31(23)36-24-13-19-28-32(21-24)44-33-22-26(38(4)25-14-17-27(18-15-25)45(39,40)37(2)3)16-20-29(33)35(28)30-10-6-8-12-34(30)46(41,42)43/h5-22,36H,1-4H3/p+1. The molecule has 0 radical (unpaired) electrons. The van der Waals surface area contributed by atoms with Gasteiger partial charge in [-0.15, -0.1) is 0 Å². The normalized spacial score (nSPS) is 12.1. The minimum absolute atomic E-state index is 0.187. The van der Waals surface area contributed by atoms with Crippen LogP contribution in [0.3, 0.4) is 0 Å². The molecule has 0 aliphatic rings. The average molecular weight is 655 g/mol. The highest BCUT2D eigenvalue weighted by Crippen LogP contribution is 2.42. The van der Waals surface area contributed by atoms with E-state index in [0.717, 1.165) is 28.3 Å². The van der Waals surface area contributed by atoms with E-state index < -0.39 is 20.1 Å². The zero-order valence-electron chi connectivity index (χ0n) is 25.6. The lowest BCUT2D eigenvalue weighted by Gasteiger charge is -2.20. The second-order valence-corrected chi connectivity index (χ2v) is 14.7. The Morgan fingerprint density at radius 3 is 1.98 bits per heavy atom. The van der Waals surface area contributed by atoms with Gasteiger partial charge in [0.2, 0.25) is 10.0 Å². The molecule has 0 unspecified atom stereocenters. The second kappa shape index (κ2) is 11.8. The zero-order valence-corrected chi connectivity index (χ0v) is 27.2. The minimum Gasteiger partial charge on any atom is -0.355 e. The number of nitrogens with one attached hydrogen (secondary N) is 1. The molecule has 9 nitrogen and oxygen atoms in total. The first-order valence-electron chi connectivity index (χ1n) is 14.3. The van der Waals surface area contributed by atoms with E-state index in [1.807, 2.05) is 79.5 Å². The van der Waals surface area contributed by atoms with Gasteiger partial charge in [-0.2, -0.15) is 8.42 Å². The van der Waals surface area contributed by atoms with Crippen LogP contribution in [0.4, 0.5) is 22.7 Å². The smallest absolute Gasteiger partial charge is 0.355 e. The molecule has 1 heterocycles. The zero-order chi connectivity index (χ0) is 32.8. The summed E-state index contributed by atoms with van der Waals surface area (Å²) in [7, 11) is -3.28. The van der Waals surface area contributed by atoms with E-state index >= 15 is 0 Å². The number of hydrogen-bond donors (Lipinski definition) is 2. The Morgan fingerprint density at radius 2 is 1.30 bits per heavy atom. The van der Waals surface area contributed by atoms with Crippen LogP contribution in [0, 0.1) is 6.92 Å². The minimum atomic E-state index is -4.55. The van der Waals surface area contributed by atoms with Crippen LogP contribution in [-0.2, 0) is 20.1 Å². The van der Waals surface area contributed by atoms with Crippen molar-refractivity contribution in [3.05, 3.63) is 115 Å². The first-order chi connectivity index (χ1) is 21.8. The lowest BCUT2D eigenvalue weighted by atomic mass is 9.96. The van der Waals surface area contributed by atoms with Gasteiger partial charge in [-0.3, -0.25) is 4.55 Å². The summed E-state index contributed by atoms with van der Waals surface area (Å²) in [4.78, 5) is 1.87. The molecule has 0 amide bonds. The van der Waals surface area contributed by atoms with E-state index in [4.69, 9.17) is 4.42 Å². The summed E-state index contributed by atoms with van der Waals surface area (Å²) in [6, 6.07) is 32.0. The van der Waals surface area contributed by atoms with Gasteiger partial charge in [0.15, 0.2) is 0 Å². The van der Waals surface area contributed by atoms with Crippen molar-refractivity contribution in [2.75, 3.05) is 31.4 Å². The molecule has 234 valence electrons. The summed E-state index contributed by atoms with van der Waals surface area (Å²) >= 11 is 0. The lowest BCUT2D eigenvalue weighted by Crippen LogP contribution is -2.22. The Bertz CT molecular complexity index is 2340. The van der Waals surface area contributed by atoms with Crippen LogP contribution in [0.15, 0.2) is 123 Å². The molecule has 5 aromatic carbocycles. The predicted octanol–water partition coefficient (Wildman–Crippen LogP) is 7.85. The van der Waals surface area contributed by atoms with E-state index in [-0.39, 0.29) is 9.79 Å². The Labute approximate surface area is 268 Å². The molecule has 46 heavy (non-hydrogen) atoms. The van der Waals surface area contributed by atoms with Crippen molar-refractivity contribution in [1.82, 2.24) is 4.31 Å². The van der Waals surface area contributed by atoms with E-state index in [1.165, 1.54) is 24.5 Å². The van der Waals surface area contributed by atoms with Crippen LogP contribution >= 0.6 is 0 Å². The quantitative estimate of drug-likeness (QED) is 0.0968. The number of para-hydroxylation sites is 1. The third-order valence-corrected chi connectivity index (χ3v) is 10.7. The molecule has 0 fully saturated rings. The summed E-state index contributed by atoms with van der Waals surface area (Å²) < 4.78 is 67.9. The molecule has 1 aromatic heterocycles. The van der Waals surface area contributed by atoms with Crippen LogP contribution in [0.1, 0.15) is 5.56 Å². The number of anilines is 4. The van der Waals surface area contributed by atoms with Crippen LogP contribution < -0.4 is 10.2 Å². The molecule has 6 aromatic rings. The summed E-state index contributed by atoms with van der Waals surface area (Å²) in [5.41, 5.74) is 6.21. The average Bonchev–Trinajstić information content (AvgIpc) is 3.03. The maximum atomic E-state index is 12.6.